The third-order valence-corrected chi connectivity index (χ3v) is 6.22. The maximum absolute atomic E-state index is 12.7. The SMILES string of the molecule is O=c1n(-c2ccccc2)c(=O)n2n1[C@@]1(Cl)C[C@]2(Cl)C(Cl)=C1Cl. The lowest BCUT2D eigenvalue weighted by Crippen LogP contribution is -2.39. The number of hydrogen-bond donors (Lipinski definition) is 0. The fourth-order valence-corrected chi connectivity index (χ4v) is 4.64. The summed E-state index contributed by atoms with van der Waals surface area (Å²) in [7, 11) is 0. The molecule has 0 N–H and O–H groups in total. The van der Waals surface area contributed by atoms with Gasteiger partial charge >= 0.3 is 11.4 Å². The maximum atomic E-state index is 12.7. The molecule has 0 saturated heterocycles. The number of fused-ring (bicyclic) bond motifs is 5. The molecule has 1 aliphatic carbocycles. The Kier molecular flexibility index (Phi) is 2.78. The van der Waals surface area contributed by atoms with Crippen molar-refractivity contribution in [3.05, 3.63) is 61.4 Å². The second-order valence-electron chi connectivity index (χ2n) is 5.18. The average molecular weight is 379 g/mol. The zero-order valence-electron chi connectivity index (χ0n) is 10.8. The molecule has 2 aliphatic rings. The van der Waals surface area contributed by atoms with Gasteiger partial charge in [-0.2, -0.15) is 0 Å². The predicted octanol–water partition coefficient (Wildman–Crippen LogP) is 2.69. The standard InChI is InChI=1S/C13H7Cl4N3O2/c14-8-9(15)13(17)6-12(8,16)19-10(21)18(11(22)20(13)19)7-4-2-1-3-5-7/h1-5H,6H2/t12-,13+. The van der Waals surface area contributed by atoms with Gasteiger partial charge in [0, 0.05) is 6.42 Å². The Hall–Kier alpha value is -1.14. The largest absolute Gasteiger partial charge is 0.353 e. The van der Waals surface area contributed by atoms with Crippen LogP contribution in [0.25, 0.3) is 5.69 Å². The van der Waals surface area contributed by atoms with Gasteiger partial charge in [0.25, 0.3) is 0 Å². The fraction of sp³-hybridized carbons (Fsp3) is 0.231. The van der Waals surface area contributed by atoms with Crippen LogP contribution in [0.2, 0.25) is 0 Å². The summed E-state index contributed by atoms with van der Waals surface area (Å²) >= 11 is 25.2. The van der Waals surface area contributed by atoms with Crippen molar-refractivity contribution < 1.29 is 0 Å². The first kappa shape index (κ1) is 14.5. The molecule has 2 heterocycles. The van der Waals surface area contributed by atoms with Crippen LogP contribution in [0.15, 0.2) is 50.0 Å². The average Bonchev–Trinajstić information content (AvgIpc) is 2.98. The second kappa shape index (κ2) is 4.23. The van der Waals surface area contributed by atoms with Crippen LogP contribution in [0.3, 0.4) is 0 Å². The zero-order valence-corrected chi connectivity index (χ0v) is 13.8. The van der Waals surface area contributed by atoms with E-state index in [4.69, 9.17) is 46.4 Å². The fourth-order valence-electron chi connectivity index (χ4n) is 3.00. The van der Waals surface area contributed by atoms with Crippen molar-refractivity contribution in [2.45, 2.75) is 16.4 Å². The third kappa shape index (κ3) is 1.43. The molecule has 1 aliphatic heterocycles. The number of alkyl halides is 2. The van der Waals surface area contributed by atoms with Crippen molar-refractivity contribution in [1.82, 2.24) is 13.9 Å². The van der Waals surface area contributed by atoms with Crippen molar-refractivity contribution in [1.29, 1.82) is 0 Å². The van der Waals surface area contributed by atoms with E-state index in [0.29, 0.717) is 5.69 Å². The van der Waals surface area contributed by atoms with Gasteiger partial charge in [0.1, 0.15) is 0 Å². The summed E-state index contributed by atoms with van der Waals surface area (Å²) < 4.78 is 3.14. The molecule has 114 valence electrons. The van der Waals surface area contributed by atoms with Gasteiger partial charge in [-0.05, 0) is 12.1 Å². The Labute approximate surface area is 143 Å². The summed E-state index contributed by atoms with van der Waals surface area (Å²) in [6.07, 6.45) is 0.0425. The first-order valence-corrected chi connectivity index (χ1v) is 7.81. The van der Waals surface area contributed by atoms with Gasteiger partial charge in [-0.25, -0.2) is 23.5 Å². The van der Waals surface area contributed by atoms with E-state index in [1.165, 1.54) is 0 Å². The molecular weight excluding hydrogens is 372 g/mol. The van der Waals surface area contributed by atoms with Crippen molar-refractivity contribution in [3.8, 4) is 5.69 Å². The summed E-state index contributed by atoms with van der Waals surface area (Å²) in [4.78, 5) is 22.6. The van der Waals surface area contributed by atoms with Crippen LogP contribution < -0.4 is 11.4 Å². The van der Waals surface area contributed by atoms with Gasteiger partial charge in [0.15, 0.2) is 10.00 Å². The minimum Gasteiger partial charge on any atom is -0.245 e. The van der Waals surface area contributed by atoms with Gasteiger partial charge in [0.2, 0.25) is 0 Å². The lowest BCUT2D eigenvalue weighted by atomic mass is 10.2. The third-order valence-electron chi connectivity index (χ3n) is 3.96. The molecule has 0 saturated carbocycles. The minimum absolute atomic E-state index is 0.0425. The van der Waals surface area contributed by atoms with Crippen molar-refractivity contribution >= 4 is 46.4 Å². The Morgan fingerprint density at radius 3 is 1.77 bits per heavy atom. The van der Waals surface area contributed by atoms with Gasteiger partial charge in [-0.3, -0.25) is 0 Å². The molecule has 5 nitrogen and oxygen atoms in total. The molecule has 1 aromatic carbocycles. The lowest BCUT2D eigenvalue weighted by molar-refractivity contribution is 0.447. The highest BCUT2D eigenvalue weighted by Gasteiger charge is 2.64. The van der Waals surface area contributed by atoms with E-state index in [2.05, 4.69) is 0 Å². The van der Waals surface area contributed by atoms with E-state index in [0.717, 1.165) is 13.9 Å². The number of para-hydroxylation sites is 1. The van der Waals surface area contributed by atoms with Crippen LogP contribution in [-0.4, -0.2) is 13.9 Å². The van der Waals surface area contributed by atoms with Crippen LogP contribution in [0, 0.1) is 0 Å². The predicted molar refractivity (Wildman–Crippen MR) is 85.3 cm³/mol. The first-order chi connectivity index (χ1) is 10.3. The molecule has 1 aromatic heterocycles. The number of nitrogens with zero attached hydrogens (tertiary/aromatic N) is 3. The summed E-state index contributed by atoms with van der Waals surface area (Å²) in [6, 6.07) is 8.49. The Balaban J connectivity index is 2.12. The van der Waals surface area contributed by atoms with E-state index in [1.54, 1.807) is 30.3 Å². The van der Waals surface area contributed by atoms with E-state index in [-0.39, 0.29) is 16.5 Å². The van der Waals surface area contributed by atoms with Crippen LogP contribution in [0.1, 0.15) is 6.42 Å². The number of allylic oxidation sites excluding steroid dienone is 2. The molecule has 0 spiro atoms. The lowest BCUT2D eigenvalue weighted by Gasteiger charge is -2.23. The first-order valence-electron chi connectivity index (χ1n) is 6.30. The summed E-state index contributed by atoms with van der Waals surface area (Å²) in [5, 5.41) is 0.135. The van der Waals surface area contributed by atoms with Crippen LogP contribution in [0.5, 0.6) is 0 Å². The number of benzene rings is 1. The highest BCUT2D eigenvalue weighted by Crippen LogP contribution is 2.61. The molecule has 0 unspecified atom stereocenters. The van der Waals surface area contributed by atoms with Crippen molar-refractivity contribution in [2.24, 2.45) is 0 Å². The van der Waals surface area contributed by atoms with Crippen LogP contribution in [0.4, 0.5) is 0 Å². The molecule has 22 heavy (non-hydrogen) atoms. The highest BCUT2D eigenvalue weighted by atomic mass is 35.5. The van der Waals surface area contributed by atoms with Gasteiger partial charge in [-0.15, -0.1) is 0 Å². The van der Waals surface area contributed by atoms with Gasteiger partial charge < -0.3 is 0 Å². The molecule has 2 bridgehead atoms. The van der Waals surface area contributed by atoms with Gasteiger partial charge in [-0.1, -0.05) is 64.6 Å². The monoisotopic (exact) mass is 377 g/mol. The normalized spacial score (nSPS) is 29.3. The van der Waals surface area contributed by atoms with Crippen molar-refractivity contribution in [3.63, 3.8) is 0 Å². The molecule has 2 atom stereocenters. The molecule has 0 fully saturated rings. The second-order valence-corrected chi connectivity index (χ2v) is 7.19. The maximum Gasteiger partial charge on any atom is 0.353 e. The Bertz CT molecular complexity index is 902. The Morgan fingerprint density at radius 1 is 0.864 bits per heavy atom. The Morgan fingerprint density at radius 2 is 1.32 bits per heavy atom. The van der Waals surface area contributed by atoms with E-state index < -0.39 is 21.4 Å². The van der Waals surface area contributed by atoms with Crippen LogP contribution >= 0.6 is 46.4 Å². The molecule has 9 heteroatoms. The van der Waals surface area contributed by atoms with Crippen LogP contribution in [-0.2, 0) is 10.00 Å². The number of halogens is 4. The summed E-state index contributed by atoms with van der Waals surface area (Å²) in [6.45, 7) is 0. The van der Waals surface area contributed by atoms with Gasteiger partial charge in [0.05, 0.1) is 15.8 Å². The molecule has 2 aromatic rings. The summed E-state index contributed by atoms with van der Waals surface area (Å²) in [5.41, 5.74) is -0.814. The smallest absolute Gasteiger partial charge is 0.245 e. The molecule has 0 radical (unpaired) electrons. The highest BCUT2D eigenvalue weighted by molar-refractivity contribution is 6.49. The quantitative estimate of drug-likeness (QED) is 0.716. The molecule has 4 rings (SSSR count). The number of aromatic nitrogens is 3. The topological polar surface area (TPSA) is 48.9 Å². The van der Waals surface area contributed by atoms with E-state index in [1.807, 2.05) is 0 Å². The zero-order chi connectivity index (χ0) is 15.9. The number of hydrogen-bond acceptors (Lipinski definition) is 2. The minimum atomic E-state index is -1.43. The summed E-state index contributed by atoms with van der Waals surface area (Å²) in [5.74, 6) is 0. The van der Waals surface area contributed by atoms with Crippen molar-refractivity contribution in [2.75, 3.05) is 0 Å². The van der Waals surface area contributed by atoms with E-state index in [9.17, 15) is 9.59 Å². The number of rotatable bonds is 1. The molecular formula is C13H7Cl4N3O2. The van der Waals surface area contributed by atoms with E-state index >= 15 is 0 Å². The molecule has 0 amide bonds.